The van der Waals surface area contributed by atoms with Crippen LogP contribution >= 0.6 is 0 Å². The second-order valence-corrected chi connectivity index (χ2v) is 4.65. The molecule has 20 heavy (non-hydrogen) atoms. The van der Waals surface area contributed by atoms with Crippen molar-refractivity contribution in [2.24, 2.45) is 0 Å². The van der Waals surface area contributed by atoms with Crippen molar-refractivity contribution in [1.82, 2.24) is 4.98 Å². The zero-order valence-electron chi connectivity index (χ0n) is 10.5. The topological polar surface area (TPSA) is 26.0 Å². The van der Waals surface area contributed by atoms with Crippen LogP contribution in [0.4, 0.5) is 4.39 Å². The number of para-hydroxylation sites is 1. The highest BCUT2D eigenvalue weighted by Gasteiger charge is 2.12. The second-order valence-electron chi connectivity index (χ2n) is 4.65. The minimum Gasteiger partial charge on any atom is -0.462 e. The maximum Gasteiger partial charge on any atom is 0.160 e. The van der Waals surface area contributed by atoms with Gasteiger partial charge in [-0.3, -0.25) is 0 Å². The van der Waals surface area contributed by atoms with Crippen LogP contribution in [-0.4, -0.2) is 4.98 Å². The van der Waals surface area contributed by atoms with Crippen LogP contribution in [0.3, 0.4) is 0 Å². The SMILES string of the molecule is Fc1ccc(-c2nc3ccccc3c3ccoc23)cc1. The second kappa shape index (κ2) is 4.17. The molecule has 0 aliphatic heterocycles. The van der Waals surface area contributed by atoms with Crippen LogP contribution < -0.4 is 0 Å². The van der Waals surface area contributed by atoms with Crippen LogP contribution in [0.15, 0.2) is 65.3 Å². The van der Waals surface area contributed by atoms with Gasteiger partial charge in [0, 0.05) is 16.3 Å². The molecule has 0 radical (unpaired) electrons. The van der Waals surface area contributed by atoms with E-state index in [2.05, 4.69) is 4.98 Å². The summed E-state index contributed by atoms with van der Waals surface area (Å²) in [5.41, 5.74) is 3.22. The standard InChI is InChI=1S/C17H10FNO/c18-12-7-5-11(6-8-12)16-17-14(9-10-20-17)13-3-1-2-4-15(13)19-16/h1-10H. The molecule has 0 aliphatic carbocycles. The molecule has 4 aromatic rings. The number of hydrogen-bond acceptors (Lipinski definition) is 2. The fourth-order valence-electron chi connectivity index (χ4n) is 2.48. The molecule has 2 aromatic heterocycles. The first kappa shape index (κ1) is 11.2. The molecular weight excluding hydrogens is 253 g/mol. The van der Waals surface area contributed by atoms with Crippen LogP contribution in [-0.2, 0) is 0 Å². The van der Waals surface area contributed by atoms with Gasteiger partial charge in [-0.1, -0.05) is 18.2 Å². The summed E-state index contributed by atoms with van der Waals surface area (Å²) in [5.74, 6) is -0.259. The number of halogens is 1. The summed E-state index contributed by atoms with van der Waals surface area (Å²) >= 11 is 0. The number of aromatic nitrogens is 1. The van der Waals surface area contributed by atoms with E-state index in [1.165, 1.54) is 12.1 Å². The lowest BCUT2D eigenvalue weighted by Crippen LogP contribution is -1.87. The molecule has 2 heterocycles. The van der Waals surface area contributed by atoms with Gasteiger partial charge < -0.3 is 4.42 Å². The van der Waals surface area contributed by atoms with E-state index in [4.69, 9.17) is 4.42 Å². The Morgan fingerprint density at radius 1 is 0.850 bits per heavy atom. The predicted octanol–water partition coefficient (Wildman–Crippen LogP) is 4.79. The Labute approximate surface area is 114 Å². The van der Waals surface area contributed by atoms with Crippen molar-refractivity contribution in [3.63, 3.8) is 0 Å². The van der Waals surface area contributed by atoms with Crippen LogP contribution in [0, 0.1) is 5.82 Å². The maximum absolute atomic E-state index is 13.1. The van der Waals surface area contributed by atoms with Crippen molar-refractivity contribution < 1.29 is 8.81 Å². The fraction of sp³-hybridized carbons (Fsp3) is 0. The van der Waals surface area contributed by atoms with Gasteiger partial charge in [0.1, 0.15) is 11.5 Å². The number of rotatable bonds is 1. The number of hydrogen-bond donors (Lipinski definition) is 0. The van der Waals surface area contributed by atoms with E-state index >= 15 is 0 Å². The molecule has 96 valence electrons. The molecule has 0 fully saturated rings. The van der Waals surface area contributed by atoms with E-state index in [-0.39, 0.29) is 5.82 Å². The molecule has 0 saturated carbocycles. The van der Waals surface area contributed by atoms with Crippen LogP contribution in [0.5, 0.6) is 0 Å². The number of pyridine rings is 1. The molecule has 0 amide bonds. The molecule has 0 saturated heterocycles. The Hall–Kier alpha value is -2.68. The first-order chi connectivity index (χ1) is 9.83. The molecule has 0 spiro atoms. The molecule has 0 unspecified atom stereocenters. The van der Waals surface area contributed by atoms with Gasteiger partial charge in [0.05, 0.1) is 11.8 Å². The van der Waals surface area contributed by atoms with Crippen molar-refractivity contribution in [1.29, 1.82) is 0 Å². The smallest absolute Gasteiger partial charge is 0.160 e. The number of fused-ring (bicyclic) bond motifs is 3. The van der Waals surface area contributed by atoms with Crippen molar-refractivity contribution in [3.8, 4) is 11.3 Å². The van der Waals surface area contributed by atoms with Crippen LogP contribution in [0.1, 0.15) is 0 Å². The summed E-state index contributed by atoms with van der Waals surface area (Å²) in [6.45, 7) is 0. The number of nitrogens with zero attached hydrogens (tertiary/aromatic N) is 1. The molecule has 0 aliphatic rings. The predicted molar refractivity (Wildman–Crippen MR) is 76.9 cm³/mol. The lowest BCUT2D eigenvalue weighted by Gasteiger charge is -2.05. The Kier molecular flexibility index (Phi) is 2.33. The Balaban J connectivity index is 2.11. The summed E-state index contributed by atoms with van der Waals surface area (Å²) < 4.78 is 18.7. The lowest BCUT2D eigenvalue weighted by atomic mass is 10.1. The van der Waals surface area contributed by atoms with Crippen molar-refractivity contribution in [2.45, 2.75) is 0 Å². The van der Waals surface area contributed by atoms with Gasteiger partial charge in [-0.2, -0.15) is 0 Å². The molecule has 4 rings (SSSR count). The summed E-state index contributed by atoms with van der Waals surface area (Å²) in [5, 5.41) is 2.08. The van der Waals surface area contributed by atoms with Crippen LogP contribution in [0.25, 0.3) is 33.1 Å². The Morgan fingerprint density at radius 3 is 2.50 bits per heavy atom. The Morgan fingerprint density at radius 2 is 1.65 bits per heavy atom. The first-order valence-electron chi connectivity index (χ1n) is 6.35. The molecule has 0 atom stereocenters. The third-order valence-electron chi connectivity index (χ3n) is 3.42. The molecule has 0 bridgehead atoms. The number of furan rings is 1. The fourth-order valence-corrected chi connectivity index (χ4v) is 2.48. The molecular formula is C17H10FNO. The monoisotopic (exact) mass is 263 g/mol. The third-order valence-corrected chi connectivity index (χ3v) is 3.42. The van der Waals surface area contributed by atoms with E-state index in [1.54, 1.807) is 18.4 Å². The van der Waals surface area contributed by atoms with E-state index in [1.807, 2.05) is 30.3 Å². The Bertz CT molecular complexity index is 909. The largest absolute Gasteiger partial charge is 0.462 e. The third kappa shape index (κ3) is 1.60. The summed E-state index contributed by atoms with van der Waals surface area (Å²) in [4.78, 5) is 4.66. The highest BCUT2D eigenvalue weighted by Crippen LogP contribution is 2.32. The van der Waals surface area contributed by atoms with Gasteiger partial charge in [0.2, 0.25) is 0 Å². The summed E-state index contributed by atoms with van der Waals surface area (Å²) in [6.07, 6.45) is 1.66. The summed E-state index contributed by atoms with van der Waals surface area (Å²) in [6, 6.07) is 16.2. The number of benzene rings is 2. The first-order valence-corrected chi connectivity index (χ1v) is 6.35. The van der Waals surface area contributed by atoms with Gasteiger partial charge in [-0.25, -0.2) is 9.37 Å². The average Bonchev–Trinajstić information content (AvgIpc) is 2.97. The minimum atomic E-state index is -0.259. The van der Waals surface area contributed by atoms with Crippen molar-refractivity contribution >= 4 is 21.9 Å². The zero-order chi connectivity index (χ0) is 13.5. The van der Waals surface area contributed by atoms with E-state index in [0.717, 1.165) is 33.1 Å². The van der Waals surface area contributed by atoms with Gasteiger partial charge >= 0.3 is 0 Å². The highest BCUT2D eigenvalue weighted by atomic mass is 19.1. The van der Waals surface area contributed by atoms with Gasteiger partial charge in [-0.05, 0) is 36.4 Å². The van der Waals surface area contributed by atoms with Crippen molar-refractivity contribution in [3.05, 3.63) is 66.7 Å². The van der Waals surface area contributed by atoms with E-state index in [0.29, 0.717) is 0 Å². The lowest BCUT2D eigenvalue weighted by molar-refractivity contribution is 0.615. The quantitative estimate of drug-likeness (QED) is 0.493. The highest BCUT2D eigenvalue weighted by molar-refractivity contribution is 6.08. The van der Waals surface area contributed by atoms with Crippen molar-refractivity contribution in [2.75, 3.05) is 0 Å². The minimum absolute atomic E-state index is 0.259. The van der Waals surface area contributed by atoms with Gasteiger partial charge in [0.15, 0.2) is 5.58 Å². The molecule has 2 aromatic carbocycles. The molecule has 2 nitrogen and oxygen atoms in total. The molecule has 0 N–H and O–H groups in total. The van der Waals surface area contributed by atoms with Gasteiger partial charge in [-0.15, -0.1) is 0 Å². The average molecular weight is 263 g/mol. The summed E-state index contributed by atoms with van der Waals surface area (Å²) in [7, 11) is 0. The van der Waals surface area contributed by atoms with E-state index in [9.17, 15) is 4.39 Å². The normalized spacial score (nSPS) is 11.2. The zero-order valence-corrected chi connectivity index (χ0v) is 10.5. The van der Waals surface area contributed by atoms with E-state index < -0.39 is 0 Å². The van der Waals surface area contributed by atoms with Crippen LogP contribution in [0.2, 0.25) is 0 Å². The maximum atomic E-state index is 13.1. The van der Waals surface area contributed by atoms with Gasteiger partial charge in [0.25, 0.3) is 0 Å². The molecule has 3 heteroatoms.